The van der Waals surface area contributed by atoms with Crippen LogP contribution in [-0.2, 0) is 14.6 Å². The van der Waals surface area contributed by atoms with Crippen LogP contribution in [0.25, 0.3) is 0 Å². The molecule has 1 aliphatic carbocycles. The summed E-state index contributed by atoms with van der Waals surface area (Å²) >= 11 is 5.23. The average molecular weight is 348 g/mol. The Kier molecular flexibility index (Phi) is 6.43. The first kappa shape index (κ1) is 17.5. The van der Waals surface area contributed by atoms with E-state index in [2.05, 4.69) is 16.0 Å². The number of amides is 1. The van der Waals surface area contributed by atoms with Crippen molar-refractivity contribution < 1.29 is 13.2 Å². The van der Waals surface area contributed by atoms with E-state index in [1.165, 1.54) is 19.3 Å². The predicted octanol–water partition coefficient (Wildman–Crippen LogP) is 0.477. The molecule has 3 N–H and O–H groups in total. The van der Waals surface area contributed by atoms with Crippen LogP contribution in [0.4, 0.5) is 0 Å². The molecular formula is C14H25N3O3S2. The summed E-state index contributed by atoms with van der Waals surface area (Å²) in [6.07, 6.45) is 6.90. The van der Waals surface area contributed by atoms with Crippen molar-refractivity contribution in [1.82, 2.24) is 16.0 Å². The van der Waals surface area contributed by atoms with Gasteiger partial charge in [0.25, 0.3) is 0 Å². The summed E-state index contributed by atoms with van der Waals surface area (Å²) in [5.74, 6) is 0.106. The molecule has 2 aliphatic rings. The number of hydrogen-bond acceptors (Lipinski definition) is 4. The molecule has 1 amide bonds. The Hall–Kier alpha value is -0.890. The van der Waals surface area contributed by atoms with Gasteiger partial charge in [0.05, 0.1) is 11.5 Å². The Balaban J connectivity index is 1.57. The molecule has 2 rings (SSSR count). The zero-order valence-electron chi connectivity index (χ0n) is 12.8. The van der Waals surface area contributed by atoms with Gasteiger partial charge < -0.3 is 16.0 Å². The molecule has 0 spiro atoms. The molecule has 0 radical (unpaired) electrons. The Labute approximate surface area is 137 Å². The molecule has 6 nitrogen and oxygen atoms in total. The van der Waals surface area contributed by atoms with E-state index in [0.717, 1.165) is 12.8 Å². The summed E-state index contributed by atoms with van der Waals surface area (Å²) in [4.78, 5) is 11.8. The van der Waals surface area contributed by atoms with Gasteiger partial charge in [0.2, 0.25) is 5.91 Å². The van der Waals surface area contributed by atoms with Crippen LogP contribution >= 0.6 is 12.2 Å². The van der Waals surface area contributed by atoms with E-state index in [4.69, 9.17) is 12.2 Å². The van der Waals surface area contributed by atoms with Crippen molar-refractivity contribution >= 4 is 33.1 Å². The molecule has 1 saturated heterocycles. The van der Waals surface area contributed by atoms with Crippen LogP contribution in [0.3, 0.4) is 0 Å². The number of thiocarbonyl (C=S) groups is 1. The molecule has 8 heteroatoms. The Morgan fingerprint density at radius 2 is 1.77 bits per heavy atom. The molecule has 1 atom stereocenters. The SMILES string of the molecule is O=C(CCNC(=S)NC1CCCCC1)NC1CCS(=O)(=O)C1. The predicted molar refractivity (Wildman–Crippen MR) is 90.4 cm³/mol. The summed E-state index contributed by atoms with van der Waals surface area (Å²) in [5.41, 5.74) is 0. The van der Waals surface area contributed by atoms with E-state index >= 15 is 0 Å². The molecule has 1 heterocycles. The second kappa shape index (κ2) is 8.10. The summed E-state index contributed by atoms with van der Waals surface area (Å²) in [6, 6.07) is 0.219. The summed E-state index contributed by atoms with van der Waals surface area (Å²) in [5, 5.41) is 9.70. The van der Waals surface area contributed by atoms with Crippen molar-refractivity contribution in [2.45, 2.75) is 57.0 Å². The fourth-order valence-corrected chi connectivity index (χ4v) is 4.92. The lowest BCUT2D eigenvalue weighted by Gasteiger charge is -2.24. The van der Waals surface area contributed by atoms with Gasteiger partial charge in [0.1, 0.15) is 0 Å². The van der Waals surface area contributed by atoms with Crippen molar-refractivity contribution in [3.05, 3.63) is 0 Å². The second-order valence-electron chi connectivity index (χ2n) is 6.15. The van der Waals surface area contributed by atoms with Gasteiger partial charge in [-0.1, -0.05) is 19.3 Å². The van der Waals surface area contributed by atoms with Crippen molar-refractivity contribution in [2.75, 3.05) is 18.1 Å². The van der Waals surface area contributed by atoms with Gasteiger partial charge in [0.15, 0.2) is 14.9 Å². The fraction of sp³-hybridized carbons (Fsp3) is 0.857. The first-order valence-electron chi connectivity index (χ1n) is 7.99. The topological polar surface area (TPSA) is 87.3 Å². The maximum Gasteiger partial charge on any atom is 0.222 e. The van der Waals surface area contributed by atoms with Crippen LogP contribution in [0.1, 0.15) is 44.9 Å². The smallest absolute Gasteiger partial charge is 0.222 e. The Bertz CT molecular complexity index is 501. The van der Waals surface area contributed by atoms with Crippen LogP contribution in [0, 0.1) is 0 Å². The molecule has 0 aromatic rings. The van der Waals surface area contributed by atoms with Crippen LogP contribution in [-0.4, -0.2) is 49.6 Å². The molecule has 0 aromatic heterocycles. The normalized spacial score (nSPS) is 24.6. The molecule has 0 bridgehead atoms. The minimum absolute atomic E-state index is 0.0633. The quantitative estimate of drug-likeness (QED) is 0.627. The molecule has 2 fully saturated rings. The number of carbonyl (C=O) groups excluding carboxylic acids is 1. The van der Waals surface area contributed by atoms with E-state index in [1.54, 1.807) is 0 Å². The lowest BCUT2D eigenvalue weighted by molar-refractivity contribution is -0.121. The minimum Gasteiger partial charge on any atom is -0.362 e. The van der Waals surface area contributed by atoms with E-state index in [1.807, 2.05) is 0 Å². The summed E-state index contributed by atoms with van der Waals surface area (Å²) in [7, 11) is -2.95. The second-order valence-corrected chi connectivity index (χ2v) is 8.79. The standard InChI is InChI=1S/C14H25N3O3S2/c18-13(16-12-7-9-22(19,20)10-12)6-8-15-14(21)17-11-4-2-1-3-5-11/h11-12H,1-10H2,(H,16,18)(H2,15,17,21). The number of carbonyl (C=O) groups is 1. The maximum absolute atomic E-state index is 11.8. The molecule has 126 valence electrons. The highest BCUT2D eigenvalue weighted by atomic mass is 32.2. The molecule has 0 aromatic carbocycles. The Morgan fingerprint density at radius 1 is 1.05 bits per heavy atom. The number of rotatable bonds is 5. The molecule has 1 aliphatic heterocycles. The first-order valence-corrected chi connectivity index (χ1v) is 10.2. The lowest BCUT2D eigenvalue weighted by Crippen LogP contribution is -2.44. The molecular weight excluding hydrogens is 322 g/mol. The number of sulfone groups is 1. The van der Waals surface area contributed by atoms with E-state index in [9.17, 15) is 13.2 Å². The molecule has 1 unspecified atom stereocenters. The highest BCUT2D eigenvalue weighted by Gasteiger charge is 2.28. The van der Waals surface area contributed by atoms with Gasteiger partial charge >= 0.3 is 0 Å². The zero-order chi connectivity index (χ0) is 16.0. The van der Waals surface area contributed by atoms with Gasteiger partial charge in [-0.25, -0.2) is 8.42 Å². The average Bonchev–Trinajstić information content (AvgIpc) is 2.79. The van der Waals surface area contributed by atoms with E-state index < -0.39 is 9.84 Å². The van der Waals surface area contributed by atoms with Crippen molar-refractivity contribution in [3.63, 3.8) is 0 Å². The van der Waals surface area contributed by atoms with Crippen LogP contribution in [0.15, 0.2) is 0 Å². The summed E-state index contributed by atoms with van der Waals surface area (Å²) in [6.45, 7) is 0.462. The fourth-order valence-electron chi connectivity index (χ4n) is 2.98. The third-order valence-corrected chi connectivity index (χ3v) is 6.21. The molecule has 1 saturated carbocycles. The molecule has 22 heavy (non-hydrogen) atoms. The van der Waals surface area contributed by atoms with Crippen LogP contribution < -0.4 is 16.0 Å². The maximum atomic E-state index is 11.8. The largest absolute Gasteiger partial charge is 0.362 e. The van der Waals surface area contributed by atoms with Crippen molar-refractivity contribution in [1.29, 1.82) is 0 Å². The Morgan fingerprint density at radius 3 is 2.41 bits per heavy atom. The lowest BCUT2D eigenvalue weighted by atomic mass is 9.96. The third kappa shape index (κ3) is 6.08. The summed E-state index contributed by atoms with van der Waals surface area (Å²) < 4.78 is 22.7. The van der Waals surface area contributed by atoms with Crippen LogP contribution in [0.5, 0.6) is 0 Å². The third-order valence-electron chi connectivity index (χ3n) is 4.18. The van der Waals surface area contributed by atoms with Gasteiger partial charge in [-0.3, -0.25) is 4.79 Å². The minimum atomic E-state index is -2.95. The van der Waals surface area contributed by atoms with Crippen LogP contribution in [0.2, 0.25) is 0 Å². The van der Waals surface area contributed by atoms with Gasteiger partial charge in [-0.2, -0.15) is 0 Å². The van der Waals surface area contributed by atoms with Gasteiger partial charge in [0, 0.05) is 25.0 Å². The number of hydrogen-bond donors (Lipinski definition) is 3. The first-order chi connectivity index (χ1) is 10.4. The zero-order valence-corrected chi connectivity index (χ0v) is 14.4. The highest BCUT2D eigenvalue weighted by Crippen LogP contribution is 2.17. The van der Waals surface area contributed by atoms with Gasteiger partial charge in [-0.15, -0.1) is 0 Å². The highest BCUT2D eigenvalue weighted by molar-refractivity contribution is 7.91. The van der Waals surface area contributed by atoms with E-state index in [0.29, 0.717) is 30.5 Å². The van der Waals surface area contributed by atoms with Crippen molar-refractivity contribution in [2.24, 2.45) is 0 Å². The van der Waals surface area contributed by atoms with Gasteiger partial charge in [-0.05, 0) is 31.5 Å². The number of nitrogens with one attached hydrogen (secondary N) is 3. The van der Waals surface area contributed by atoms with Crippen molar-refractivity contribution in [3.8, 4) is 0 Å². The van der Waals surface area contributed by atoms with E-state index in [-0.39, 0.29) is 23.5 Å². The monoisotopic (exact) mass is 347 g/mol.